The second-order valence-electron chi connectivity index (χ2n) is 9.13. The van der Waals surface area contributed by atoms with E-state index in [1.54, 1.807) is 0 Å². The maximum atomic E-state index is 12.6. The molecule has 4 heteroatoms. The lowest BCUT2D eigenvalue weighted by atomic mass is 9.49. The molecule has 4 saturated carbocycles. The zero-order chi connectivity index (χ0) is 16.2. The summed E-state index contributed by atoms with van der Waals surface area (Å²) in [4.78, 5) is 26.9. The van der Waals surface area contributed by atoms with Crippen molar-refractivity contribution in [1.29, 1.82) is 0 Å². The summed E-state index contributed by atoms with van der Waals surface area (Å²) in [5, 5.41) is 3.06. The van der Waals surface area contributed by atoms with E-state index in [-0.39, 0.29) is 29.3 Å². The summed E-state index contributed by atoms with van der Waals surface area (Å²) >= 11 is 0. The van der Waals surface area contributed by atoms with Crippen molar-refractivity contribution in [1.82, 2.24) is 10.2 Å². The van der Waals surface area contributed by atoms with Crippen molar-refractivity contribution in [3.05, 3.63) is 0 Å². The summed E-state index contributed by atoms with van der Waals surface area (Å²) in [7, 11) is 0. The van der Waals surface area contributed by atoms with Crippen molar-refractivity contribution in [2.24, 2.45) is 23.2 Å². The van der Waals surface area contributed by atoms with E-state index < -0.39 is 0 Å². The molecular formula is C19H30N2O2. The predicted octanol–water partition coefficient (Wildman–Crippen LogP) is 2.72. The Bertz CT molecular complexity index is 478. The molecule has 4 bridgehead atoms. The van der Waals surface area contributed by atoms with Crippen molar-refractivity contribution >= 4 is 11.8 Å². The Labute approximate surface area is 139 Å². The van der Waals surface area contributed by atoms with Gasteiger partial charge in [-0.25, -0.2) is 0 Å². The number of likely N-dealkylation sites (tertiary alicyclic amines) is 1. The molecule has 23 heavy (non-hydrogen) atoms. The van der Waals surface area contributed by atoms with Gasteiger partial charge in [-0.15, -0.1) is 0 Å². The van der Waals surface area contributed by atoms with Crippen LogP contribution in [0.5, 0.6) is 0 Å². The van der Waals surface area contributed by atoms with Gasteiger partial charge < -0.3 is 10.2 Å². The van der Waals surface area contributed by atoms with Crippen molar-refractivity contribution in [2.45, 2.75) is 77.3 Å². The fourth-order valence-corrected chi connectivity index (χ4v) is 6.44. The lowest BCUT2D eigenvalue weighted by molar-refractivity contribution is -0.136. The molecular weight excluding hydrogens is 288 g/mol. The number of carbonyl (C=O) groups excluding carboxylic acids is 2. The van der Waals surface area contributed by atoms with Gasteiger partial charge in [0, 0.05) is 19.0 Å². The third-order valence-corrected chi connectivity index (χ3v) is 6.90. The van der Waals surface area contributed by atoms with E-state index in [1.807, 2.05) is 18.7 Å². The van der Waals surface area contributed by atoms with Gasteiger partial charge in [0.05, 0.1) is 0 Å². The Balaban J connectivity index is 1.37. The highest BCUT2D eigenvalue weighted by molar-refractivity contribution is 5.89. The Morgan fingerprint density at radius 2 is 1.74 bits per heavy atom. The van der Waals surface area contributed by atoms with Crippen LogP contribution in [0.1, 0.15) is 65.2 Å². The van der Waals surface area contributed by atoms with E-state index in [0.717, 1.165) is 30.7 Å². The first-order valence-electron chi connectivity index (χ1n) is 9.54. The van der Waals surface area contributed by atoms with Crippen LogP contribution in [0.3, 0.4) is 0 Å². The quantitative estimate of drug-likeness (QED) is 0.866. The smallest absolute Gasteiger partial charge is 0.245 e. The van der Waals surface area contributed by atoms with Crippen LogP contribution in [-0.4, -0.2) is 35.3 Å². The molecule has 1 aliphatic heterocycles. The maximum absolute atomic E-state index is 12.6. The number of rotatable bonds is 4. The second kappa shape index (κ2) is 5.49. The zero-order valence-electron chi connectivity index (χ0n) is 14.5. The van der Waals surface area contributed by atoms with E-state index in [1.165, 1.54) is 38.5 Å². The highest BCUT2D eigenvalue weighted by Gasteiger charge is 2.51. The molecule has 5 aliphatic rings. The van der Waals surface area contributed by atoms with E-state index in [0.29, 0.717) is 6.42 Å². The van der Waals surface area contributed by atoms with Gasteiger partial charge in [0.2, 0.25) is 11.8 Å². The first-order chi connectivity index (χ1) is 10.9. The molecule has 1 N–H and O–H groups in total. The SMILES string of the molecule is CC(C)N1CC[C@H](NC(=O)CC23CC4CC(CC(C4)C2)C3)C1=O. The van der Waals surface area contributed by atoms with Gasteiger partial charge in [-0.2, -0.15) is 0 Å². The van der Waals surface area contributed by atoms with Crippen LogP contribution < -0.4 is 5.32 Å². The highest BCUT2D eigenvalue weighted by atomic mass is 16.2. The van der Waals surface area contributed by atoms with Crippen LogP contribution in [-0.2, 0) is 9.59 Å². The molecule has 5 rings (SSSR count). The van der Waals surface area contributed by atoms with Crippen LogP contribution in [0.25, 0.3) is 0 Å². The molecule has 1 saturated heterocycles. The van der Waals surface area contributed by atoms with E-state index in [2.05, 4.69) is 5.32 Å². The average molecular weight is 318 g/mol. The fourth-order valence-electron chi connectivity index (χ4n) is 6.44. The number of nitrogens with zero attached hydrogens (tertiary/aromatic N) is 1. The Hall–Kier alpha value is -1.06. The summed E-state index contributed by atoms with van der Waals surface area (Å²) in [5.41, 5.74) is 0.262. The van der Waals surface area contributed by atoms with Crippen LogP contribution in [0.2, 0.25) is 0 Å². The van der Waals surface area contributed by atoms with Crippen LogP contribution >= 0.6 is 0 Å². The zero-order valence-corrected chi connectivity index (χ0v) is 14.5. The van der Waals surface area contributed by atoms with Crippen LogP contribution in [0.4, 0.5) is 0 Å². The summed E-state index contributed by atoms with van der Waals surface area (Å²) < 4.78 is 0. The van der Waals surface area contributed by atoms with E-state index >= 15 is 0 Å². The van der Waals surface area contributed by atoms with Gasteiger partial charge in [0.15, 0.2) is 0 Å². The molecule has 0 unspecified atom stereocenters. The lowest BCUT2D eigenvalue weighted by Gasteiger charge is -2.56. The van der Waals surface area contributed by atoms with Gasteiger partial charge in [-0.3, -0.25) is 9.59 Å². The van der Waals surface area contributed by atoms with Gasteiger partial charge in [-0.1, -0.05) is 0 Å². The Kier molecular flexibility index (Phi) is 3.69. The maximum Gasteiger partial charge on any atom is 0.245 e. The molecule has 1 heterocycles. The van der Waals surface area contributed by atoms with Gasteiger partial charge in [-0.05, 0) is 82.0 Å². The number of carbonyl (C=O) groups is 2. The summed E-state index contributed by atoms with van der Waals surface area (Å²) in [6.07, 6.45) is 9.41. The molecule has 4 nitrogen and oxygen atoms in total. The summed E-state index contributed by atoms with van der Waals surface area (Å²) in [5.74, 6) is 2.85. The molecule has 0 aromatic heterocycles. The molecule has 0 spiro atoms. The minimum Gasteiger partial charge on any atom is -0.344 e. The van der Waals surface area contributed by atoms with Crippen molar-refractivity contribution in [3.8, 4) is 0 Å². The minimum atomic E-state index is -0.279. The summed E-state index contributed by atoms with van der Waals surface area (Å²) in [6.45, 7) is 4.86. The molecule has 0 aromatic rings. The molecule has 128 valence electrons. The molecule has 0 radical (unpaired) electrons. The Morgan fingerprint density at radius 3 is 2.22 bits per heavy atom. The van der Waals surface area contributed by atoms with Crippen LogP contribution in [0, 0.1) is 23.2 Å². The van der Waals surface area contributed by atoms with E-state index in [9.17, 15) is 9.59 Å². The topological polar surface area (TPSA) is 49.4 Å². The molecule has 1 atom stereocenters. The largest absolute Gasteiger partial charge is 0.344 e. The summed E-state index contributed by atoms with van der Waals surface area (Å²) in [6, 6.07) is -0.0497. The third-order valence-electron chi connectivity index (χ3n) is 6.90. The van der Waals surface area contributed by atoms with Gasteiger partial charge in [0.25, 0.3) is 0 Å². The fraction of sp³-hybridized carbons (Fsp3) is 0.895. The van der Waals surface area contributed by atoms with Crippen molar-refractivity contribution in [2.75, 3.05) is 6.54 Å². The normalized spacial score (nSPS) is 41.9. The highest BCUT2D eigenvalue weighted by Crippen LogP contribution is 2.61. The second-order valence-corrected chi connectivity index (χ2v) is 9.13. The number of hydrogen-bond acceptors (Lipinski definition) is 2. The molecule has 4 aliphatic carbocycles. The molecule has 2 amide bonds. The third kappa shape index (κ3) is 2.78. The standard InChI is InChI=1S/C19H30N2O2/c1-12(2)21-4-3-16(18(21)23)20-17(22)11-19-8-13-5-14(9-19)7-15(6-13)10-19/h12-16H,3-11H2,1-2H3,(H,20,22)/t13?,14?,15?,16-,19?/m0/s1. The average Bonchev–Trinajstić information content (AvgIpc) is 2.77. The number of hydrogen-bond donors (Lipinski definition) is 1. The Morgan fingerprint density at radius 1 is 1.17 bits per heavy atom. The number of amides is 2. The van der Waals surface area contributed by atoms with E-state index in [4.69, 9.17) is 0 Å². The predicted molar refractivity (Wildman–Crippen MR) is 88.6 cm³/mol. The van der Waals surface area contributed by atoms with Gasteiger partial charge in [0.1, 0.15) is 6.04 Å². The molecule has 0 aromatic carbocycles. The first-order valence-corrected chi connectivity index (χ1v) is 9.54. The number of nitrogens with one attached hydrogen (secondary N) is 1. The lowest BCUT2D eigenvalue weighted by Crippen LogP contribution is -2.49. The van der Waals surface area contributed by atoms with Gasteiger partial charge >= 0.3 is 0 Å². The van der Waals surface area contributed by atoms with Crippen molar-refractivity contribution in [3.63, 3.8) is 0 Å². The van der Waals surface area contributed by atoms with Crippen LogP contribution in [0.15, 0.2) is 0 Å². The minimum absolute atomic E-state index is 0.110. The molecule has 5 fully saturated rings. The monoisotopic (exact) mass is 318 g/mol. The van der Waals surface area contributed by atoms with Crippen molar-refractivity contribution < 1.29 is 9.59 Å². The first kappa shape index (κ1) is 15.5.